The average molecular weight is 258 g/mol. The zero-order valence-electron chi connectivity index (χ0n) is 11.2. The standard InChI is InChI=1S/C12H22N2O4/c1-4-9(2)7-14(3)11(17)13-12(10(15)16)5-6-18-8-12/h9H,4-8H2,1-3H3,(H,13,17)(H,15,16). The molecular formula is C12H22N2O4. The van der Waals surface area contributed by atoms with Gasteiger partial charge in [0.2, 0.25) is 0 Å². The lowest BCUT2D eigenvalue weighted by atomic mass is 9.99. The molecule has 0 aromatic carbocycles. The average Bonchev–Trinajstić information content (AvgIpc) is 2.78. The molecular weight excluding hydrogens is 236 g/mol. The Balaban J connectivity index is 2.59. The number of ether oxygens (including phenoxy) is 1. The van der Waals surface area contributed by atoms with E-state index in [0.717, 1.165) is 6.42 Å². The molecule has 0 aromatic heterocycles. The normalized spacial score (nSPS) is 24.6. The van der Waals surface area contributed by atoms with Crippen LogP contribution in [0.4, 0.5) is 4.79 Å². The summed E-state index contributed by atoms with van der Waals surface area (Å²) in [6, 6.07) is -0.358. The molecule has 2 atom stereocenters. The summed E-state index contributed by atoms with van der Waals surface area (Å²) in [5, 5.41) is 11.8. The van der Waals surface area contributed by atoms with Gasteiger partial charge in [-0.05, 0) is 5.92 Å². The number of hydrogen-bond acceptors (Lipinski definition) is 3. The van der Waals surface area contributed by atoms with Crippen LogP contribution < -0.4 is 5.32 Å². The highest BCUT2D eigenvalue weighted by Crippen LogP contribution is 2.19. The van der Waals surface area contributed by atoms with E-state index in [1.165, 1.54) is 4.90 Å². The number of amides is 2. The summed E-state index contributed by atoms with van der Waals surface area (Å²) in [5.74, 6) is -0.647. The maximum Gasteiger partial charge on any atom is 0.332 e. The highest BCUT2D eigenvalue weighted by molar-refractivity contribution is 5.86. The van der Waals surface area contributed by atoms with Gasteiger partial charge in [-0.2, -0.15) is 0 Å². The topological polar surface area (TPSA) is 78.9 Å². The molecule has 2 unspecified atom stereocenters. The molecule has 18 heavy (non-hydrogen) atoms. The van der Waals surface area contributed by atoms with Crippen molar-refractivity contribution in [2.24, 2.45) is 5.92 Å². The fraction of sp³-hybridized carbons (Fsp3) is 0.833. The molecule has 1 aliphatic heterocycles. The van der Waals surface area contributed by atoms with Crippen LogP contribution >= 0.6 is 0 Å². The van der Waals surface area contributed by atoms with Crippen LogP contribution in [0.15, 0.2) is 0 Å². The summed E-state index contributed by atoms with van der Waals surface area (Å²) in [6.45, 7) is 5.11. The molecule has 0 bridgehead atoms. The van der Waals surface area contributed by atoms with Crippen molar-refractivity contribution in [2.45, 2.75) is 32.2 Å². The predicted molar refractivity (Wildman–Crippen MR) is 66.4 cm³/mol. The van der Waals surface area contributed by atoms with Crippen LogP contribution in [0.5, 0.6) is 0 Å². The smallest absolute Gasteiger partial charge is 0.332 e. The van der Waals surface area contributed by atoms with E-state index in [1.807, 2.05) is 0 Å². The summed E-state index contributed by atoms with van der Waals surface area (Å²) in [6.07, 6.45) is 1.29. The van der Waals surface area contributed by atoms with Crippen LogP contribution in [0.1, 0.15) is 26.7 Å². The Labute approximate surface area is 107 Å². The van der Waals surface area contributed by atoms with Crippen molar-refractivity contribution in [1.82, 2.24) is 10.2 Å². The quantitative estimate of drug-likeness (QED) is 0.768. The van der Waals surface area contributed by atoms with Gasteiger partial charge < -0.3 is 20.1 Å². The molecule has 1 aliphatic rings. The Bertz CT molecular complexity index is 313. The van der Waals surface area contributed by atoms with E-state index in [4.69, 9.17) is 4.74 Å². The lowest BCUT2D eigenvalue weighted by Crippen LogP contribution is -2.58. The largest absolute Gasteiger partial charge is 0.479 e. The molecule has 0 saturated carbocycles. The molecule has 1 heterocycles. The number of carbonyl (C=O) groups is 2. The van der Waals surface area contributed by atoms with Crippen molar-refractivity contribution >= 4 is 12.0 Å². The molecule has 1 rings (SSSR count). The zero-order chi connectivity index (χ0) is 13.8. The number of aliphatic carboxylic acids is 1. The number of nitrogens with zero attached hydrogens (tertiary/aromatic N) is 1. The number of carbonyl (C=O) groups excluding carboxylic acids is 1. The Kier molecular flexibility index (Phi) is 4.95. The lowest BCUT2D eigenvalue weighted by Gasteiger charge is -2.28. The molecule has 6 nitrogen and oxygen atoms in total. The number of rotatable bonds is 5. The Morgan fingerprint density at radius 1 is 1.56 bits per heavy atom. The molecule has 1 fully saturated rings. The molecule has 1 saturated heterocycles. The monoisotopic (exact) mass is 258 g/mol. The van der Waals surface area contributed by atoms with E-state index >= 15 is 0 Å². The van der Waals surface area contributed by atoms with E-state index in [2.05, 4.69) is 19.2 Å². The number of carboxylic acids is 1. The van der Waals surface area contributed by atoms with Crippen LogP contribution in [-0.2, 0) is 9.53 Å². The first-order valence-corrected chi connectivity index (χ1v) is 6.25. The highest BCUT2D eigenvalue weighted by Gasteiger charge is 2.44. The van der Waals surface area contributed by atoms with Crippen molar-refractivity contribution < 1.29 is 19.4 Å². The summed E-state index contributed by atoms with van der Waals surface area (Å²) < 4.78 is 5.09. The Hall–Kier alpha value is -1.30. The molecule has 104 valence electrons. The van der Waals surface area contributed by atoms with Gasteiger partial charge in [-0.1, -0.05) is 20.3 Å². The maximum absolute atomic E-state index is 12.0. The maximum atomic E-state index is 12.0. The summed E-state index contributed by atoms with van der Waals surface area (Å²) in [4.78, 5) is 24.7. The van der Waals surface area contributed by atoms with E-state index in [-0.39, 0.29) is 12.6 Å². The minimum Gasteiger partial charge on any atom is -0.479 e. The van der Waals surface area contributed by atoms with Gasteiger partial charge >= 0.3 is 12.0 Å². The molecule has 0 radical (unpaired) electrons. The van der Waals surface area contributed by atoms with Gasteiger partial charge in [-0.25, -0.2) is 9.59 Å². The van der Waals surface area contributed by atoms with Gasteiger partial charge in [0.15, 0.2) is 5.54 Å². The first-order valence-electron chi connectivity index (χ1n) is 6.25. The van der Waals surface area contributed by atoms with Crippen LogP contribution in [0.2, 0.25) is 0 Å². The van der Waals surface area contributed by atoms with E-state index in [0.29, 0.717) is 25.5 Å². The third-order valence-electron chi connectivity index (χ3n) is 3.41. The third-order valence-corrected chi connectivity index (χ3v) is 3.41. The molecule has 2 N–H and O–H groups in total. The van der Waals surface area contributed by atoms with Gasteiger partial charge in [0.05, 0.1) is 6.61 Å². The Morgan fingerprint density at radius 2 is 2.22 bits per heavy atom. The van der Waals surface area contributed by atoms with Crippen molar-refractivity contribution in [3.63, 3.8) is 0 Å². The van der Waals surface area contributed by atoms with Crippen molar-refractivity contribution in [2.75, 3.05) is 26.8 Å². The highest BCUT2D eigenvalue weighted by atomic mass is 16.5. The number of carboxylic acid groups (broad SMARTS) is 1. The minimum atomic E-state index is -1.26. The molecule has 0 aliphatic carbocycles. The number of hydrogen-bond donors (Lipinski definition) is 2. The van der Waals surface area contributed by atoms with Crippen molar-refractivity contribution in [3.8, 4) is 0 Å². The number of urea groups is 1. The van der Waals surface area contributed by atoms with Crippen molar-refractivity contribution in [3.05, 3.63) is 0 Å². The zero-order valence-corrected chi connectivity index (χ0v) is 11.2. The fourth-order valence-electron chi connectivity index (χ4n) is 1.87. The van der Waals surface area contributed by atoms with Gasteiger partial charge in [0.25, 0.3) is 0 Å². The molecule has 0 spiro atoms. The summed E-state index contributed by atoms with van der Waals surface area (Å²) >= 11 is 0. The summed E-state index contributed by atoms with van der Waals surface area (Å²) in [5.41, 5.74) is -1.26. The Morgan fingerprint density at radius 3 is 2.67 bits per heavy atom. The second-order valence-corrected chi connectivity index (χ2v) is 5.01. The van der Waals surface area contributed by atoms with E-state index in [1.54, 1.807) is 7.05 Å². The van der Waals surface area contributed by atoms with Gasteiger partial charge in [0.1, 0.15) is 0 Å². The number of nitrogens with one attached hydrogen (secondary N) is 1. The lowest BCUT2D eigenvalue weighted by molar-refractivity contribution is -0.144. The third kappa shape index (κ3) is 3.35. The van der Waals surface area contributed by atoms with Gasteiger partial charge in [-0.3, -0.25) is 0 Å². The SMILES string of the molecule is CCC(C)CN(C)C(=O)NC1(C(=O)O)CCOC1. The molecule has 0 aromatic rings. The van der Waals surface area contributed by atoms with E-state index in [9.17, 15) is 14.7 Å². The van der Waals surface area contributed by atoms with E-state index < -0.39 is 11.5 Å². The van der Waals surface area contributed by atoms with Crippen molar-refractivity contribution in [1.29, 1.82) is 0 Å². The van der Waals surface area contributed by atoms with Crippen LogP contribution in [0, 0.1) is 5.92 Å². The summed E-state index contributed by atoms with van der Waals surface area (Å²) in [7, 11) is 1.67. The van der Waals surface area contributed by atoms with Crippen LogP contribution in [0.25, 0.3) is 0 Å². The second kappa shape index (κ2) is 6.04. The first-order chi connectivity index (χ1) is 8.41. The van der Waals surface area contributed by atoms with Gasteiger partial charge in [0, 0.05) is 26.6 Å². The first kappa shape index (κ1) is 14.8. The van der Waals surface area contributed by atoms with Crippen LogP contribution in [-0.4, -0.2) is 54.4 Å². The molecule has 2 amide bonds. The van der Waals surface area contributed by atoms with Gasteiger partial charge in [-0.15, -0.1) is 0 Å². The fourth-order valence-corrected chi connectivity index (χ4v) is 1.87. The second-order valence-electron chi connectivity index (χ2n) is 5.01. The van der Waals surface area contributed by atoms with Crippen LogP contribution in [0.3, 0.4) is 0 Å². The minimum absolute atomic E-state index is 0.0330. The molecule has 6 heteroatoms. The predicted octanol–water partition coefficient (Wildman–Crippen LogP) is 0.918.